The SMILES string of the molecule is COCCOCCOCCOc1ccccc1C#CCN. The molecule has 0 radical (unpaired) electrons. The van der Waals surface area contributed by atoms with E-state index in [1.807, 2.05) is 24.3 Å². The summed E-state index contributed by atoms with van der Waals surface area (Å²) in [5.74, 6) is 6.55. The van der Waals surface area contributed by atoms with Crippen LogP contribution in [0.15, 0.2) is 24.3 Å². The van der Waals surface area contributed by atoms with Crippen LogP contribution in [0.2, 0.25) is 0 Å². The Hall–Kier alpha value is -1.58. The maximum Gasteiger partial charge on any atom is 0.135 e. The van der Waals surface area contributed by atoms with Crippen molar-refractivity contribution in [3.05, 3.63) is 29.8 Å². The van der Waals surface area contributed by atoms with Gasteiger partial charge in [0.2, 0.25) is 0 Å². The van der Waals surface area contributed by atoms with Crippen molar-refractivity contribution in [2.24, 2.45) is 5.73 Å². The summed E-state index contributed by atoms with van der Waals surface area (Å²) in [6.07, 6.45) is 0. The quantitative estimate of drug-likeness (QED) is 0.516. The fraction of sp³-hybridized carbons (Fsp3) is 0.500. The number of ether oxygens (including phenoxy) is 4. The summed E-state index contributed by atoms with van der Waals surface area (Å²) in [6, 6.07) is 7.62. The van der Waals surface area contributed by atoms with Crippen molar-refractivity contribution >= 4 is 0 Å². The lowest BCUT2D eigenvalue weighted by atomic mass is 10.2. The molecule has 0 bridgehead atoms. The highest BCUT2D eigenvalue weighted by atomic mass is 16.6. The van der Waals surface area contributed by atoms with Gasteiger partial charge in [-0.05, 0) is 12.1 Å². The van der Waals surface area contributed by atoms with E-state index in [-0.39, 0.29) is 0 Å². The molecule has 5 heteroatoms. The summed E-state index contributed by atoms with van der Waals surface area (Å²) in [4.78, 5) is 0. The van der Waals surface area contributed by atoms with Crippen LogP contribution in [-0.4, -0.2) is 53.3 Å². The second-order valence-electron chi connectivity index (χ2n) is 4.07. The Kier molecular flexibility index (Phi) is 10.1. The van der Waals surface area contributed by atoms with Crippen LogP contribution in [0.5, 0.6) is 5.75 Å². The van der Waals surface area contributed by atoms with Gasteiger partial charge in [0.05, 0.1) is 45.1 Å². The lowest BCUT2D eigenvalue weighted by Crippen LogP contribution is -2.12. The second-order valence-corrected chi connectivity index (χ2v) is 4.07. The monoisotopic (exact) mass is 293 g/mol. The summed E-state index contributed by atoms with van der Waals surface area (Å²) in [7, 11) is 1.65. The van der Waals surface area contributed by atoms with Gasteiger partial charge in [-0.3, -0.25) is 0 Å². The summed E-state index contributed by atoms with van der Waals surface area (Å²) < 4.78 is 21.2. The van der Waals surface area contributed by atoms with Gasteiger partial charge in [-0.1, -0.05) is 24.0 Å². The normalized spacial score (nSPS) is 10.0. The zero-order valence-electron chi connectivity index (χ0n) is 12.5. The standard InChI is InChI=1S/C16H23NO4/c1-18-9-10-19-11-12-20-13-14-21-16-7-3-2-5-15(16)6-4-8-17/h2-3,5,7H,8-14,17H2,1H3. The molecule has 0 unspecified atom stereocenters. The first kappa shape index (κ1) is 17.5. The molecule has 0 aromatic heterocycles. The Labute approximate surface area is 126 Å². The molecule has 0 aliphatic carbocycles. The number of methoxy groups -OCH3 is 1. The molecule has 0 amide bonds. The molecule has 0 saturated carbocycles. The third-order valence-corrected chi connectivity index (χ3v) is 2.50. The summed E-state index contributed by atoms with van der Waals surface area (Å²) >= 11 is 0. The molecule has 0 fully saturated rings. The highest BCUT2D eigenvalue weighted by Gasteiger charge is 1.99. The summed E-state index contributed by atoms with van der Waals surface area (Å²) in [6.45, 7) is 3.60. The summed E-state index contributed by atoms with van der Waals surface area (Å²) in [5, 5.41) is 0. The molecule has 0 saturated heterocycles. The van der Waals surface area contributed by atoms with Crippen LogP contribution in [0.1, 0.15) is 5.56 Å². The second kappa shape index (κ2) is 12.2. The van der Waals surface area contributed by atoms with E-state index in [2.05, 4.69) is 11.8 Å². The third-order valence-electron chi connectivity index (χ3n) is 2.50. The molecular weight excluding hydrogens is 270 g/mol. The molecule has 0 spiro atoms. The van der Waals surface area contributed by atoms with Crippen molar-refractivity contribution in [2.45, 2.75) is 0 Å². The largest absolute Gasteiger partial charge is 0.490 e. The van der Waals surface area contributed by atoms with Gasteiger partial charge in [0.25, 0.3) is 0 Å². The van der Waals surface area contributed by atoms with E-state index in [0.29, 0.717) is 46.2 Å². The van der Waals surface area contributed by atoms with E-state index in [0.717, 1.165) is 11.3 Å². The van der Waals surface area contributed by atoms with E-state index >= 15 is 0 Å². The maximum atomic E-state index is 5.65. The van der Waals surface area contributed by atoms with Crippen LogP contribution < -0.4 is 10.5 Å². The average molecular weight is 293 g/mol. The average Bonchev–Trinajstić information content (AvgIpc) is 2.52. The molecule has 0 heterocycles. The number of hydrogen-bond donors (Lipinski definition) is 1. The number of benzene rings is 1. The number of nitrogens with two attached hydrogens (primary N) is 1. The van der Waals surface area contributed by atoms with Gasteiger partial charge in [0.15, 0.2) is 0 Å². The Bertz CT molecular complexity index is 439. The number of rotatable bonds is 10. The Morgan fingerprint density at radius 2 is 1.62 bits per heavy atom. The fourth-order valence-electron chi connectivity index (χ4n) is 1.52. The Morgan fingerprint density at radius 1 is 0.952 bits per heavy atom. The van der Waals surface area contributed by atoms with Gasteiger partial charge in [-0.2, -0.15) is 0 Å². The molecule has 0 atom stereocenters. The topological polar surface area (TPSA) is 62.9 Å². The van der Waals surface area contributed by atoms with Crippen molar-refractivity contribution in [1.82, 2.24) is 0 Å². The molecule has 1 aromatic rings. The van der Waals surface area contributed by atoms with Gasteiger partial charge >= 0.3 is 0 Å². The predicted molar refractivity (Wildman–Crippen MR) is 81.4 cm³/mol. The zero-order chi connectivity index (χ0) is 15.2. The number of para-hydroxylation sites is 1. The summed E-state index contributed by atoms with van der Waals surface area (Å²) in [5.41, 5.74) is 6.21. The smallest absolute Gasteiger partial charge is 0.135 e. The highest BCUT2D eigenvalue weighted by molar-refractivity contribution is 5.45. The predicted octanol–water partition coefficient (Wildman–Crippen LogP) is 1.06. The van der Waals surface area contributed by atoms with E-state index in [1.54, 1.807) is 7.11 Å². The van der Waals surface area contributed by atoms with Crippen molar-refractivity contribution in [2.75, 3.05) is 53.3 Å². The molecule has 2 N–H and O–H groups in total. The first-order chi connectivity index (χ1) is 10.4. The van der Waals surface area contributed by atoms with Crippen LogP contribution in [-0.2, 0) is 14.2 Å². The zero-order valence-corrected chi connectivity index (χ0v) is 12.5. The molecule has 0 aliphatic heterocycles. The van der Waals surface area contributed by atoms with Crippen LogP contribution >= 0.6 is 0 Å². The van der Waals surface area contributed by atoms with Gasteiger partial charge in [0.1, 0.15) is 12.4 Å². The van der Waals surface area contributed by atoms with Gasteiger partial charge in [0, 0.05) is 7.11 Å². The highest BCUT2D eigenvalue weighted by Crippen LogP contribution is 2.16. The van der Waals surface area contributed by atoms with E-state index in [4.69, 9.17) is 24.7 Å². The van der Waals surface area contributed by atoms with Crippen molar-refractivity contribution < 1.29 is 18.9 Å². The molecule has 0 aliphatic rings. The van der Waals surface area contributed by atoms with Crippen LogP contribution in [0.4, 0.5) is 0 Å². The minimum atomic E-state index is 0.334. The maximum absolute atomic E-state index is 5.65. The fourth-order valence-corrected chi connectivity index (χ4v) is 1.52. The molecule has 1 rings (SSSR count). The van der Waals surface area contributed by atoms with Crippen LogP contribution in [0, 0.1) is 11.8 Å². The van der Waals surface area contributed by atoms with E-state index in [9.17, 15) is 0 Å². The lowest BCUT2D eigenvalue weighted by molar-refractivity contribution is 0.0179. The molecule has 116 valence electrons. The van der Waals surface area contributed by atoms with Gasteiger partial charge < -0.3 is 24.7 Å². The van der Waals surface area contributed by atoms with Gasteiger partial charge in [-0.25, -0.2) is 0 Å². The van der Waals surface area contributed by atoms with E-state index < -0.39 is 0 Å². The molecule has 1 aromatic carbocycles. The van der Waals surface area contributed by atoms with Gasteiger partial charge in [-0.15, -0.1) is 0 Å². The van der Waals surface area contributed by atoms with Crippen LogP contribution in [0.25, 0.3) is 0 Å². The number of hydrogen-bond acceptors (Lipinski definition) is 5. The minimum Gasteiger partial charge on any atom is -0.490 e. The van der Waals surface area contributed by atoms with Crippen LogP contribution in [0.3, 0.4) is 0 Å². The Morgan fingerprint density at radius 3 is 2.33 bits per heavy atom. The first-order valence-corrected chi connectivity index (χ1v) is 6.93. The van der Waals surface area contributed by atoms with Crippen molar-refractivity contribution in [3.8, 4) is 17.6 Å². The first-order valence-electron chi connectivity index (χ1n) is 6.93. The van der Waals surface area contributed by atoms with E-state index in [1.165, 1.54) is 0 Å². The van der Waals surface area contributed by atoms with Crippen molar-refractivity contribution in [1.29, 1.82) is 0 Å². The van der Waals surface area contributed by atoms with Crippen molar-refractivity contribution in [3.63, 3.8) is 0 Å². The molecule has 21 heavy (non-hydrogen) atoms. The molecular formula is C16H23NO4. The third kappa shape index (κ3) is 8.33. The minimum absolute atomic E-state index is 0.334. The molecule has 5 nitrogen and oxygen atoms in total. The Balaban J connectivity index is 2.15. The lowest BCUT2D eigenvalue weighted by Gasteiger charge is -2.09.